The molecule has 1 aromatic carbocycles. The molecule has 2 aromatic heterocycles. The SMILES string of the molecule is O=C(/C=C/c1ccco1)Nc1ccccc1C(=O)Nc1ccccn1. The first-order valence-electron chi connectivity index (χ1n) is 7.56. The largest absolute Gasteiger partial charge is 0.465 e. The molecule has 0 radical (unpaired) electrons. The molecule has 2 N–H and O–H groups in total. The van der Waals surface area contributed by atoms with Crippen LogP contribution in [0.25, 0.3) is 6.08 Å². The highest BCUT2D eigenvalue weighted by Gasteiger charge is 2.12. The van der Waals surface area contributed by atoms with E-state index in [4.69, 9.17) is 4.42 Å². The van der Waals surface area contributed by atoms with Gasteiger partial charge >= 0.3 is 0 Å². The fourth-order valence-corrected chi connectivity index (χ4v) is 2.13. The van der Waals surface area contributed by atoms with Gasteiger partial charge in [0.25, 0.3) is 5.91 Å². The summed E-state index contributed by atoms with van der Waals surface area (Å²) in [6.07, 6.45) is 6.00. The van der Waals surface area contributed by atoms with Gasteiger partial charge in [-0.25, -0.2) is 4.98 Å². The average molecular weight is 333 g/mol. The molecule has 0 fully saturated rings. The van der Waals surface area contributed by atoms with E-state index in [9.17, 15) is 9.59 Å². The van der Waals surface area contributed by atoms with Crippen LogP contribution in [0.15, 0.2) is 77.6 Å². The van der Waals surface area contributed by atoms with E-state index >= 15 is 0 Å². The standard InChI is InChI=1S/C19H15N3O3/c23-18(11-10-14-6-5-13-25-14)21-16-8-2-1-7-15(16)19(24)22-17-9-3-4-12-20-17/h1-13H,(H,21,23)(H,20,22,24)/b11-10+. The van der Waals surface area contributed by atoms with Crippen molar-refractivity contribution in [2.24, 2.45) is 0 Å². The van der Waals surface area contributed by atoms with Crippen molar-refractivity contribution in [1.82, 2.24) is 4.98 Å². The minimum Gasteiger partial charge on any atom is -0.465 e. The molecule has 0 bridgehead atoms. The molecular weight excluding hydrogens is 318 g/mol. The number of furan rings is 1. The van der Waals surface area contributed by atoms with Gasteiger partial charge in [-0.3, -0.25) is 9.59 Å². The molecule has 2 heterocycles. The molecule has 0 aliphatic rings. The highest BCUT2D eigenvalue weighted by Crippen LogP contribution is 2.17. The zero-order valence-corrected chi connectivity index (χ0v) is 13.2. The molecule has 0 aliphatic heterocycles. The number of nitrogens with one attached hydrogen (secondary N) is 2. The van der Waals surface area contributed by atoms with Crippen molar-refractivity contribution in [2.45, 2.75) is 0 Å². The Morgan fingerprint density at radius 3 is 2.56 bits per heavy atom. The van der Waals surface area contributed by atoms with Crippen LogP contribution in [-0.4, -0.2) is 16.8 Å². The number of carbonyl (C=O) groups excluding carboxylic acids is 2. The summed E-state index contributed by atoms with van der Waals surface area (Å²) in [6.45, 7) is 0. The van der Waals surface area contributed by atoms with Gasteiger partial charge in [0.1, 0.15) is 11.6 Å². The smallest absolute Gasteiger partial charge is 0.258 e. The third-order valence-electron chi connectivity index (χ3n) is 3.28. The van der Waals surface area contributed by atoms with Gasteiger partial charge in [0.15, 0.2) is 0 Å². The lowest BCUT2D eigenvalue weighted by Gasteiger charge is -2.10. The number of anilines is 2. The van der Waals surface area contributed by atoms with E-state index < -0.39 is 0 Å². The molecule has 0 saturated carbocycles. The van der Waals surface area contributed by atoms with Gasteiger partial charge in [-0.1, -0.05) is 18.2 Å². The number of carbonyl (C=O) groups is 2. The van der Waals surface area contributed by atoms with Crippen LogP contribution in [0.1, 0.15) is 16.1 Å². The Morgan fingerprint density at radius 2 is 1.80 bits per heavy atom. The highest BCUT2D eigenvalue weighted by atomic mass is 16.3. The van der Waals surface area contributed by atoms with Gasteiger partial charge in [0.2, 0.25) is 5.91 Å². The van der Waals surface area contributed by atoms with Crippen LogP contribution in [0.3, 0.4) is 0 Å². The summed E-state index contributed by atoms with van der Waals surface area (Å²) in [5.41, 5.74) is 0.748. The Hall–Kier alpha value is -3.67. The number of hydrogen-bond acceptors (Lipinski definition) is 4. The normalized spacial score (nSPS) is 10.6. The monoisotopic (exact) mass is 333 g/mol. The van der Waals surface area contributed by atoms with E-state index in [1.165, 1.54) is 12.3 Å². The second kappa shape index (κ2) is 7.74. The number of nitrogens with zero attached hydrogens (tertiary/aromatic N) is 1. The Bertz CT molecular complexity index is 887. The summed E-state index contributed by atoms with van der Waals surface area (Å²) in [4.78, 5) is 28.5. The zero-order valence-electron chi connectivity index (χ0n) is 13.2. The first kappa shape index (κ1) is 16.2. The van der Waals surface area contributed by atoms with Crippen LogP contribution >= 0.6 is 0 Å². The summed E-state index contributed by atoms with van der Waals surface area (Å²) < 4.78 is 5.12. The van der Waals surface area contributed by atoms with Crippen molar-refractivity contribution in [1.29, 1.82) is 0 Å². The molecular formula is C19H15N3O3. The Kier molecular flexibility index (Phi) is 5.01. The fourth-order valence-electron chi connectivity index (χ4n) is 2.13. The van der Waals surface area contributed by atoms with Gasteiger partial charge in [-0.05, 0) is 42.5 Å². The van der Waals surface area contributed by atoms with Crippen LogP contribution in [0.4, 0.5) is 11.5 Å². The van der Waals surface area contributed by atoms with Crippen molar-refractivity contribution in [3.8, 4) is 0 Å². The van der Waals surface area contributed by atoms with E-state index in [0.717, 1.165) is 0 Å². The molecule has 6 nitrogen and oxygen atoms in total. The van der Waals surface area contributed by atoms with Gasteiger partial charge in [0, 0.05) is 12.3 Å². The van der Waals surface area contributed by atoms with E-state index in [1.807, 2.05) is 0 Å². The first-order chi connectivity index (χ1) is 12.2. The summed E-state index contributed by atoms with van der Waals surface area (Å²) in [6, 6.07) is 15.4. The van der Waals surface area contributed by atoms with Gasteiger partial charge in [-0.2, -0.15) is 0 Å². The van der Waals surface area contributed by atoms with E-state index in [-0.39, 0.29) is 11.8 Å². The predicted molar refractivity (Wildman–Crippen MR) is 95.0 cm³/mol. The number of rotatable bonds is 5. The molecule has 3 rings (SSSR count). The molecule has 0 aliphatic carbocycles. The Balaban J connectivity index is 1.72. The maximum atomic E-state index is 12.4. The average Bonchev–Trinajstić information content (AvgIpc) is 3.15. The van der Waals surface area contributed by atoms with Crippen LogP contribution in [0.5, 0.6) is 0 Å². The minimum absolute atomic E-state index is 0.341. The molecule has 25 heavy (non-hydrogen) atoms. The van der Waals surface area contributed by atoms with Crippen molar-refractivity contribution < 1.29 is 14.0 Å². The second-order valence-electron chi connectivity index (χ2n) is 5.05. The Morgan fingerprint density at radius 1 is 0.960 bits per heavy atom. The van der Waals surface area contributed by atoms with E-state index in [2.05, 4.69) is 15.6 Å². The molecule has 0 spiro atoms. The number of pyridine rings is 1. The molecule has 3 aromatic rings. The molecule has 6 heteroatoms. The van der Waals surface area contributed by atoms with Crippen molar-refractivity contribution in [2.75, 3.05) is 10.6 Å². The number of aromatic nitrogens is 1. The van der Waals surface area contributed by atoms with Crippen molar-refractivity contribution in [3.05, 3.63) is 84.5 Å². The van der Waals surface area contributed by atoms with Crippen LogP contribution < -0.4 is 10.6 Å². The third kappa shape index (κ3) is 4.42. The summed E-state index contributed by atoms with van der Waals surface area (Å²) in [5.74, 6) is 0.279. The molecule has 0 saturated heterocycles. The van der Waals surface area contributed by atoms with Gasteiger partial charge < -0.3 is 15.1 Å². The maximum Gasteiger partial charge on any atom is 0.258 e. The maximum absolute atomic E-state index is 12.4. The lowest BCUT2D eigenvalue weighted by molar-refractivity contribution is -0.111. The van der Waals surface area contributed by atoms with Gasteiger partial charge in [-0.15, -0.1) is 0 Å². The van der Waals surface area contributed by atoms with Crippen LogP contribution in [0, 0.1) is 0 Å². The number of amides is 2. The fraction of sp³-hybridized carbons (Fsp3) is 0. The number of hydrogen-bond donors (Lipinski definition) is 2. The minimum atomic E-state index is -0.366. The molecule has 2 amide bonds. The summed E-state index contributed by atoms with van der Waals surface area (Å²) in [7, 11) is 0. The first-order valence-corrected chi connectivity index (χ1v) is 7.56. The Labute approximate surface area is 144 Å². The lowest BCUT2D eigenvalue weighted by atomic mass is 10.1. The molecule has 0 unspecified atom stereocenters. The summed E-state index contributed by atoms with van der Waals surface area (Å²) in [5, 5.41) is 5.38. The molecule has 124 valence electrons. The summed E-state index contributed by atoms with van der Waals surface area (Å²) >= 11 is 0. The van der Waals surface area contributed by atoms with Crippen LogP contribution in [0.2, 0.25) is 0 Å². The van der Waals surface area contributed by atoms with E-state index in [1.54, 1.807) is 66.9 Å². The predicted octanol–water partition coefficient (Wildman–Crippen LogP) is 3.58. The zero-order chi connectivity index (χ0) is 17.5. The number of benzene rings is 1. The van der Waals surface area contributed by atoms with Gasteiger partial charge in [0.05, 0.1) is 17.5 Å². The number of para-hydroxylation sites is 1. The van der Waals surface area contributed by atoms with E-state index in [0.29, 0.717) is 22.8 Å². The highest BCUT2D eigenvalue weighted by molar-refractivity contribution is 6.11. The topological polar surface area (TPSA) is 84.2 Å². The second-order valence-corrected chi connectivity index (χ2v) is 5.05. The molecule has 0 atom stereocenters. The third-order valence-corrected chi connectivity index (χ3v) is 3.28. The lowest BCUT2D eigenvalue weighted by Crippen LogP contribution is -2.17. The quantitative estimate of drug-likeness (QED) is 0.699. The van der Waals surface area contributed by atoms with Crippen LogP contribution in [-0.2, 0) is 4.79 Å². The van der Waals surface area contributed by atoms with Crippen molar-refractivity contribution in [3.63, 3.8) is 0 Å². The van der Waals surface area contributed by atoms with Crippen molar-refractivity contribution >= 4 is 29.4 Å².